The van der Waals surface area contributed by atoms with Crippen molar-refractivity contribution in [2.24, 2.45) is 0 Å². The van der Waals surface area contributed by atoms with Crippen molar-refractivity contribution in [2.75, 3.05) is 5.32 Å². The molecule has 0 atom stereocenters. The maximum absolute atomic E-state index is 12.3. The first-order valence-electron chi connectivity index (χ1n) is 7.13. The van der Waals surface area contributed by atoms with Crippen LogP contribution in [-0.2, 0) is 0 Å². The molecule has 1 aromatic carbocycles. The average molecular weight is 295 g/mol. The van der Waals surface area contributed by atoms with Gasteiger partial charge in [0.25, 0.3) is 5.91 Å². The van der Waals surface area contributed by atoms with Crippen molar-refractivity contribution in [3.8, 4) is 0 Å². The van der Waals surface area contributed by atoms with E-state index in [9.17, 15) is 4.79 Å². The first-order valence-corrected chi connectivity index (χ1v) is 7.13. The molecule has 0 spiro atoms. The summed E-state index contributed by atoms with van der Waals surface area (Å²) >= 11 is 0. The molecular formula is C16H17N5O. The molecule has 0 fully saturated rings. The van der Waals surface area contributed by atoms with Gasteiger partial charge in [0.1, 0.15) is 5.82 Å². The third kappa shape index (κ3) is 2.55. The number of aromatic nitrogens is 4. The molecule has 0 radical (unpaired) electrons. The van der Waals surface area contributed by atoms with E-state index in [1.807, 2.05) is 13.0 Å². The van der Waals surface area contributed by atoms with Gasteiger partial charge in [-0.15, -0.1) is 0 Å². The van der Waals surface area contributed by atoms with E-state index in [4.69, 9.17) is 0 Å². The highest BCUT2D eigenvalue weighted by molar-refractivity contribution is 6.05. The zero-order valence-electron chi connectivity index (χ0n) is 12.7. The van der Waals surface area contributed by atoms with Crippen molar-refractivity contribution in [1.29, 1.82) is 0 Å². The number of hydrogen-bond acceptors (Lipinski definition) is 4. The van der Waals surface area contributed by atoms with Crippen LogP contribution in [0.3, 0.4) is 0 Å². The number of imidazole rings is 1. The number of hydrogen-bond donors (Lipinski definition) is 1. The number of rotatable bonds is 3. The lowest BCUT2D eigenvalue weighted by molar-refractivity contribution is 0.102. The fourth-order valence-corrected chi connectivity index (χ4v) is 2.55. The molecule has 3 rings (SSSR count). The number of fused-ring (bicyclic) bond motifs is 1. The van der Waals surface area contributed by atoms with Gasteiger partial charge >= 0.3 is 0 Å². The van der Waals surface area contributed by atoms with E-state index >= 15 is 0 Å². The van der Waals surface area contributed by atoms with Crippen LogP contribution < -0.4 is 5.32 Å². The first kappa shape index (κ1) is 14.2. The molecule has 0 aliphatic rings. The van der Waals surface area contributed by atoms with Gasteiger partial charge in [-0.3, -0.25) is 10.1 Å². The summed E-state index contributed by atoms with van der Waals surface area (Å²) in [5.74, 6) is 0.982. The highest BCUT2D eigenvalue weighted by Gasteiger charge is 2.13. The van der Waals surface area contributed by atoms with Crippen molar-refractivity contribution < 1.29 is 4.79 Å². The Bertz CT molecular complexity index is 823. The summed E-state index contributed by atoms with van der Waals surface area (Å²) in [5, 5.41) is 2.67. The predicted molar refractivity (Wildman–Crippen MR) is 84.8 cm³/mol. The third-order valence-electron chi connectivity index (χ3n) is 3.44. The minimum atomic E-state index is -0.246. The van der Waals surface area contributed by atoms with Crippen LogP contribution in [0.1, 0.15) is 36.1 Å². The Morgan fingerprint density at radius 2 is 1.95 bits per heavy atom. The monoisotopic (exact) mass is 295 g/mol. The Kier molecular flexibility index (Phi) is 3.58. The van der Waals surface area contributed by atoms with E-state index in [1.54, 1.807) is 30.6 Å². The van der Waals surface area contributed by atoms with Crippen LogP contribution in [0.15, 0.2) is 36.7 Å². The molecule has 0 aliphatic heterocycles. The van der Waals surface area contributed by atoms with Gasteiger partial charge in [-0.25, -0.2) is 15.0 Å². The fourth-order valence-electron chi connectivity index (χ4n) is 2.55. The summed E-state index contributed by atoms with van der Waals surface area (Å²) < 4.78 is 2.15. The SMILES string of the molecule is Cc1nc2cc(C(=O)Nc3ncccn3)ccc2n1C(C)C. The van der Waals surface area contributed by atoms with Crippen LogP contribution in [0.4, 0.5) is 5.95 Å². The van der Waals surface area contributed by atoms with E-state index in [-0.39, 0.29) is 11.9 Å². The second kappa shape index (κ2) is 5.55. The number of carbonyl (C=O) groups is 1. The van der Waals surface area contributed by atoms with E-state index in [1.165, 1.54) is 0 Å². The number of benzene rings is 1. The molecule has 0 saturated carbocycles. The minimum Gasteiger partial charge on any atom is -0.326 e. The van der Waals surface area contributed by atoms with E-state index in [0.717, 1.165) is 16.9 Å². The Morgan fingerprint density at radius 1 is 1.23 bits per heavy atom. The van der Waals surface area contributed by atoms with Crippen molar-refractivity contribution in [2.45, 2.75) is 26.8 Å². The highest BCUT2D eigenvalue weighted by Crippen LogP contribution is 2.22. The van der Waals surface area contributed by atoms with Crippen molar-refractivity contribution in [1.82, 2.24) is 19.5 Å². The van der Waals surface area contributed by atoms with Gasteiger partial charge in [0.2, 0.25) is 5.95 Å². The lowest BCUT2D eigenvalue weighted by Crippen LogP contribution is -2.13. The van der Waals surface area contributed by atoms with E-state index < -0.39 is 0 Å². The van der Waals surface area contributed by atoms with Gasteiger partial charge in [-0.1, -0.05) is 0 Å². The lowest BCUT2D eigenvalue weighted by atomic mass is 10.2. The van der Waals surface area contributed by atoms with Crippen molar-refractivity contribution in [3.05, 3.63) is 48.0 Å². The number of aryl methyl sites for hydroxylation is 1. The van der Waals surface area contributed by atoms with Crippen LogP contribution in [0.2, 0.25) is 0 Å². The first-order chi connectivity index (χ1) is 10.6. The topological polar surface area (TPSA) is 72.7 Å². The maximum atomic E-state index is 12.3. The Balaban J connectivity index is 1.94. The van der Waals surface area contributed by atoms with Crippen LogP contribution >= 0.6 is 0 Å². The number of carbonyl (C=O) groups excluding carboxylic acids is 1. The predicted octanol–water partition coefficient (Wildman–Crippen LogP) is 2.97. The summed E-state index contributed by atoms with van der Waals surface area (Å²) in [6.45, 7) is 6.19. The molecule has 0 bridgehead atoms. The maximum Gasteiger partial charge on any atom is 0.258 e. The van der Waals surface area contributed by atoms with E-state index in [2.05, 4.69) is 38.7 Å². The zero-order chi connectivity index (χ0) is 15.7. The normalized spacial score (nSPS) is 11.1. The van der Waals surface area contributed by atoms with Gasteiger partial charge in [-0.2, -0.15) is 0 Å². The number of anilines is 1. The third-order valence-corrected chi connectivity index (χ3v) is 3.44. The smallest absolute Gasteiger partial charge is 0.258 e. The summed E-state index contributed by atoms with van der Waals surface area (Å²) in [6, 6.07) is 7.53. The molecule has 2 aromatic heterocycles. The van der Waals surface area contributed by atoms with Crippen molar-refractivity contribution in [3.63, 3.8) is 0 Å². The number of nitrogens with zero attached hydrogens (tertiary/aromatic N) is 4. The molecule has 6 nitrogen and oxygen atoms in total. The number of nitrogens with one attached hydrogen (secondary N) is 1. The second-order valence-electron chi connectivity index (χ2n) is 5.35. The fraction of sp³-hybridized carbons (Fsp3) is 0.250. The van der Waals surface area contributed by atoms with Crippen LogP contribution in [0.5, 0.6) is 0 Å². The second-order valence-corrected chi connectivity index (χ2v) is 5.35. The molecular weight excluding hydrogens is 278 g/mol. The highest BCUT2D eigenvalue weighted by atomic mass is 16.1. The molecule has 3 aromatic rings. The molecule has 1 amide bonds. The van der Waals surface area contributed by atoms with Gasteiger partial charge in [0, 0.05) is 24.0 Å². The van der Waals surface area contributed by atoms with Gasteiger partial charge in [0.15, 0.2) is 0 Å². The van der Waals surface area contributed by atoms with Gasteiger partial charge in [0.05, 0.1) is 11.0 Å². The zero-order valence-corrected chi connectivity index (χ0v) is 12.7. The molecule has 0 saturated heterocycles. The van der Waals surface area contributed by atoms with Crippen LogP contribution in [0.25, 0.3) is 11.0 Å². The van der Waals surface area contributed by atoms with E-state index in [0.29, 0.717) is 11.6 Å². The molecule has 0 aliphatic carbocycles. The van der Waals surface area contributed by atoms with Gasteiger partial charge in [-0.05, 0) is 45.0 Å². The lowest BCUT2D eigenvalue weighted by Gasteiger charge is -2.10. The van der Waals surface area contributed by atoms with Crippen LogP contribution in [-0.4, -0.2) is 25.4 Å². The molecule has 1 N–H and O–H groups in total. The molecule has 2 heterocycles. The minimum absolute atomic E-state index is 0.246. The summed E-state index contributed by atoms with van der Waals surface area (Å²) in [7, 11) is 0. The van der Waals surface area contributed by atoms with Gasteiger partial charge < -0.3 is 4.57 Å². The standard InChI is InChI=1S/C16H17N5O/c1-10(2)21-11(3)19-13-9-12(5-6-14(13)21)15(22)20-16-17-7-4-8-18-16/h4-10H,1-3H3,(H,17,18,20,22). The Hall–Kier alpha value is -2.76. The molecule has 6 heteroatoms. The van der Waals surface area contributed by atoms with Crippen molar-refractivity contribution >= 4 is 22.9 Å². The molecule has 22 heavy (non-hydrogen) atoms. The average Bonchev–Trinajstić information content (AvgIpc) is 2.83. The molecule has 112 valence electrons. The summed E-state index contributed by atoms with van der Waals surface area (Å²) in [4.78, 5) is 24.8. The largest absolute Gasteiger partial charge is 0.326 e. The summed E-state index contributed by atoms with van der Waals surface area (Å²) in [6.07, 6.45) is 3.17. The Morgan fingerprint density at radius 3 is 2.64 bits per heavy atom. The molecule has 0 unspecified atom stereocenters. The Labute approximate surface area is 128 Å². The quantitative estimate of drug-likeness (QED) is 0.806. The number of amides is 1. The summed E-state index contributed by atoms with van der Waals surface area (Å²) in [5.41, 5.74) is 2.38. The van der Waals surface area contributed by atoms with Crippen LogP contribution in [0, 0.1) is 6.92 Å².